The van der Waals surface area contributed by atoms with Gasteiger partial charge in [-0.25, -0.2) is 4.98 Å². The van der Waals surface area contributed by atoms with E-state index in [2.05, 4.69) is 36.9 Å². The Kier molecular flexibility index (Phi) is 3.59. The molecule has 0 unspecified atom stereocenters. The average molecular weight is 272 g/mol. The van der Waals surface area contributed by atoms with Crippen molar-refractivity contribution in [2.75, 3.05) is 26.3 Å². The van der Waals surface area contributed by atoms with Crippen molar-refractivity contribution in [2.24, 2.45) is 0 Å². The number of hydrogen-bond acceptors (Lipinski definition) is 4. The zero-order valence-electron chi connectivity index (χ0n) is 12.0. The van der Waals surface area contributed by atoms with Crippen LogP contribution in [0.5, 0.6) is 5.88 Å². The second kappa shape index (κ2) is 5.38. The predicted molar refractivity (Wildman–Crippen MR) is 79.1 cm³/mol. The Bertz CT molecular complexity index is 640. The van der Waals surface area contributed by atoms with Crippen molar-refractivity contribution in [3.8, 4) is 5.88 Å². The molecule has 0 radical (unpaired) electrons. The highest BCUT2D eigenvalue weighted by Crippen LogP contribution is 2.28. The van der Waals surface area contributed by atoms with Crippen molar-refractivity contribution in [2.45, 2.75) is 20.4 Å². The number of β-amino-alcohol motifs (C(OH)–C–C–N with tert-alkyl or cyclic N) is 1. The summed E-state index contributed by atoms with van der Waals surface area (Å²) in [6, 6.07) is 6.49. The summed E-state index contributed by atoms with van der Waals surface area (Å²) in [4.78, 5) is 6.90. The molecule has 1 aromatic carbocycles. The Morgan fingerprint density at radius 1 is 1.30 bits per heavy atom. The van der Waals surface area contributed by atoms with Crippen LogP contribution in [-0.2, 0) is 6.54 Å². The quantitative estimate of drug-likeness (QED) is 0.908. The Morgan fingerprint density at radius 3 is 2.95 bits per heavy atom. The van der Waals surface area contributed by atoms with Gasteiger partial charge in [-0.2, -0.15) is 0 Å². The standard InChI is InChI=1S/C16H20N2O2/c1-11-7-12(2)15-13(8-11)9-14-10-18(3-5-19)4-6-20-16(14)17-15/h7-9,19H,3-6,10H2,1-2H3. The van der Waals surface area contributed by atoms with Gasteiger partial charge in [0, 0.05) is 30.6 Å². The van der Waals surface area contributed by atoms with Gasteiger partial charge in [-0.1, -0.05) is 11.6 Å². The molecular weight excluding hydrogens is 252 g/mol. The second-order valence-electron chi connectivity index (χ2n) is 5.45. The number of aliphatic hydroxyl groups is 1. The van der Waals surface area contributed by atoms with Crippen LogP contribution in [0.3, 0.4) is 0 Å². The lowest BCUT2D eigenvalue weighted by Crippen LogP contribution is -2.28. The van der Waals surface area contributed by atoms with E-state index >= 15 is 0 Å². The summed E-state index contributed by atoms with van der Waals surface area (Å²) < 4.78 is 5.78. The number of rotatable bonds is 2. The normalized spacial score (nSPS) is 15.8. The van der Waals surface area contributed by atoms with Crippen molar-refractivity contribution >= 4 is 10.9 Å². The van der Waals surface area contributed by atoms with Gasteiger partial charge in [0.25, 0.3) is 0 Å². The number of fused-ring (bicyclic) bond motifs is 2. The lowest BCUT2D eigenvalue weighted by atomic mass is 10.0. The number of aryl methyl sites for hydroxylation is 2. The molecule has 0 aliphatic carbocycles. The van der Waals surface area contributed by atoms with Crippen LogP contribution in [0.1, 0.15) is 16.7 Å². The molecule has 1 aliphatic rings. The maximum absolute atomic E-state index is 9.10. The molecule has 1 aromatic heterocycles. The molecule has 0 spiro atoms. The van der Waals surface area contributed by atoms with E-state index in [0.717, 1.165) is 35.4 Å². The molecule has 0 saturated heterocycles. The third-order valence-corrected chi connectivity index (χ3v) is 3.75. The van der Waals surface area contributed by atoms with Gasteiger partial charge >= 0.3 is 0 Å². The van der Waals surface area contributed by atoms with Crippen LogP contribution in [0.15, 0.2) is 18.2 Å². The van der Waals surface area contributed by atoms with Crippen LogP contribution in [0, 0.1) is 13.8 Å². The highest BCUT2D eigenvalue weighted by atomic mass is 16.5. The largest absolute Gasteiger partial charge is 0.476 e. The highest BCUT2D eigenvalue weighted by molar-refractivity contribution is 5.84. The summed E-state index contributed by atoms with van der Waals surface area (Å²) >= 11 is 0. The van der Waals surface area contributed by atoms with Gasteiger partial charge in [0.05, 0.1) is 12.1 Å². The fourth-order valence-corrected chi connectivity index (χ4v) is 2.84. The number of aliphatic hydroxyl groups excluding tert-OH is 1. The molecular formula is C16H20N2O2. The van der Waals surface area contributed by atoms with Gasteiger partial charge in [-0.15, -0.1) is 0 Å². The first-order chi connectivity index (χ1) is 9.67. The molecule has 106 valence electrons. The molecule has 0 amide bonds. The summed E-state index contributed by atoms with van der Waals surface area (Å²) in [5, 5.41) is 10.3. The van der Waals surface area contributed by atoms with Crippen LogP contribution in [0.4, 0.5) is 0 Å². The number of benzene rings is 1. The van der Waals surface area contributed by atoms with Gasteiger partial charge in [0.2, 0.25) is 5.88 Å². The van der Waals surface area contributed by atoms with E-state index in [1.807, 2.05) is 0 Å². The lowest BCUT2D eigenvalue weighted by molar-refractivity contribution is 0.176. The van der Waals surface area contributed by atoms with E-state index in [1.165, 1.54) is 11.1 Å². The monoisotopic (exact) mass is 272 g/mol. The minimum absolute atomic E-state index is 0.175. The summed E-state index contributed by atoms with van der Waals surface area (Å²) in [5.74, 6) is 0.741. The van der Waals surface area contributed by atoms with Crippen molar-refractivity contribution < 1.29 is 9.84 Å². The van der Waals surface area contributed by atoms with Gasteiger partial charge in [-0.3, -0.25) is 4.90 Å². The lowest BCUT2D eigenvalue weighted by Gasteiger charge is -2.17. The first-order valence-corrected chi connectivity index (χ1v) is 7.04. The van der Waals surface area contributed by atoms with Crippen LogP contribution >= 0.6 is 0 Å². The smallest absolute Gasteiger partial charge is 0.218 e. The summed E-state index contributed by atoms with van der Waals surface area (Å²) in [6.07, 6.45) is 0. The van der Waals surface area contributed by atoms with Crippen LogP contribution in [0.25, 0.3) is 10.9 Å². The summed E-state index contributed by atoms with van der Waals surface area (Å²) in [6.45, 7) is 7.27. The predicted octanol–water partition coefficient (Wildman–Crippen LogP) is 2.04. The molecule has 2 heterocycles. The zero-order chi connectivity index (χ0) is 14.1. The Labute approximate surface area is 119 Å². The van der Waals surface area contributed by atoms with Crippen molar-refractivity contribution in [3.05, 3.63) is 34.9 Å². The molecule has 3 rings (SSSR count). The number of pyridine rings is 1. The number of hydrogen-bond donors (Lipinski definition) is 1. The molecule has 0 saturated carbocycles. The molecule has 1 aliphatic heterocycles. The number of aromatic nitrogens is 1. The van der Waals surface area contributed by atoms with Crippen molar-refractivity contribution in [3.63, 3.8) is 0 Å². The first kappa shape index (κ1) is 13.3. The summed E-state index contributed by atoms with van der Waals surface area (Å²) in [5.41, 5.74) is 4.56. The van der Waals surface area contributed by atoms with E-state index in [0.29, 0.717) is 13.2 Å². The van der Waals surface area contributed by atoms with Gasteiger partial charge in [-0.05, 0) is 31.5 Å². The van der Waals surface area contributed by atoms with E-state index in [4.69, 9.17) is 14.8 Å². The molecule has 4 heteroatoms. The fraction of sp³-hybridized carbons (Fsp3) is 0.438. The Balaban J connectivity index is 2.07. The van der Waals surface area contributed by atoms with Crippen LogP contribution < -0.4 is 4.74 Å². The van der Waals surface area contributed by atoms with Crippen LogP contribution in [0.2, 0.25) is 0 Å². The van der Waals surface area contributed by atoms with Gasteiger partial charge in [0.1, 0.15) is 6.61 Å². The average Bonchev–Trinajstić information content (AvgIpc) is 2.58. The Morgan fingerprint density at radius 2 is 2.15 bits per heavy atom. The zero-order valence-corrected chi connectivity index (χ0v) is 12.0. The highest BCUT2D eigenvalue weighted by Gasteiger charge is 2.17. The van der Waals surface area contributed by atoms with E-state index in [9.17, 15) is 0 Å². The number of ether oxygens (including phenoxy) is 1. The van der Waals surface area contributed by atoms with E-state index in [-0.39, 0.29) is 6.61 Å². The van der Waals surface area contributed by atoms with Crippen LogP contribution in [-0.4, -0.2) is 41.3 Å². The maximum Gasteiger partial charge on any atom is 0.218 e. The first-order valence-electron chi connectivity index (χ1n) is 7.04. The molecule has 0 fully saturated rings. The molecule has 0 bridgehead atoms. The van der Waals surface area contributed by atoms with E-state index in [1.54, 1.807) is 0 Å². The molecule has 2 aromatic rings. The van der Waals surface area contributed by atoms with Crippen molar-refractivity contribution in [1.82, 2.24) is 9.88 Å². The SMILES string of the molecule is Cc1cc(C)c2nc3c(cc2c1)CN(CCO)CCO3. The second-order valence-corrected chi connectivity index (χ2v) is 5.45. The third-order valence-electron chi connectivity index (χ3n) is 3.75. The maximum atomic E-state index is 9.10. The number of nitrogens with zero attached hydrogens (tertiary/aromatic N) is 2. The fourth-order valence-electron chi connectivity index (χ4n) is 2.84. The molecule has 0 atom stereocenters. The summed E-state index contributed by atoms with van der Waals surface area (Å²) in [7, 11) is 0. The molecule has 1 N–H and O–H groups in total. The topological polar surface area (TPSA) is 45.6 Å². The van der Waals surface area contributed by atoms with Gasteiger partial charge in [0.15, 0.2) is 0 Å². The van der Waals surface area contributed by atoms with Gasteiger partial charge < -0.3 is 9.84 Å². The third kappa shape index (κ3) is 2.49. The minimum Gasteiger partial charge on any atom is -0.476 e. The minimum atomic E-state index is 0.175. The van der Waals surface area contributed by atoms with Crippen molar-refractivity contribution in [1.29, 1.82) is 0 Å². The van der Waals surface area contributed by atoms with E-state index < -0.39 is 0 Å². The molecule has 20 heavy (non-hydrogen) atoms. The Hall–Kier alpha value is -1.65. The molecule has 4 nitrogen and oxygen atoms in total.